The number of hydrogen-bond acceptors (Lipinski definition) is 4. The number of para-hydroxylation sites is 1. The number of rotatable bonds is 4. The lowest BCUT2D eigenvalue weighted by molar-refractivity contribution is 0.641. The van der Waals surface area contributed by atoms with Gasteiger partial charge in [0.25, 0.3) is 0 Å². The summed E-state index contributed by atoms with van der Waals surface area (Å²) in [5.41, 5.74) is 0.634. The molecule has 4 rings (SSSR count). The molecule has 126 valence electrons. The molecule has 2 aromatic carbocycles. The Labute approximate surface area is 148 Å². The van der Waals surface area contributed by atoms with E-state index in [1.807, 2.05) is 24.3 Å². The maximum Gasteiger partial charge on any atom is 0.196 e. The molecule has 0 fully saturated rings. The van der Waals surface area contributed by atoms with Crippen LogP contribution in [0, 0.1) is 5.82 Å². The van der Waals surface area contributed by atoms with E-state index in [1.165, 1.54) is 17.4 Å². The SMILES string of the molecule is CCCCNc1nc2ccccc2c2c(=O)c3cccc(F)c3sc12. The summed E-state index contributed by atoms with van der Waals surface area (Å²) in [5.74, 6) is 0.295. The molecule has 0 spiro atoms. The highest BCUT2D eigenvalue weighted by Gasteiger charge is 2.16. The quantitative estimate of drug-likeness (QED) is 0.307. The Morgan fingerprint density at radius 1 is 1.08 bits per heavy atom. The van der Waals surface area contributed by atoms with Gasteiger partial charge in [0.15, 0.2) is 5.43 Å². The largest absolute Gasteiger partial charge is 0.369 e. The van der Waals surface area contributed by atoms with Crippen molar-refractivity contribution in [1.82, 2.24) is 4.98 Å². The lowest BCUT2D eigenvalue weighted by Crippen LogP contribution is -2.08. The van der Waals surface area contributed by atoms with E-state index in [9.17, 15) is 9.18 Å². The Bertz CT molecular complexity index is 1150. The van der Waals surface area contributed by atoms with Crippen LogP contribution in [0.3, 0.4) is 0 Å². The molecule has 3 nitrogen and oxygen atoms in total. The summed E-state index contributed by atoms with van der Waals surface area (Å²) in [7, 11) is 0. The molecular weight excluding hydrogens is 335 g/mol. The van der Waals surface area contributed by atoms with Crippen molar-refractivity contribution in [3.8, 4) is 0 Å². The fourth-order valence-corrected chi connectivity index (χ4v) is 4.21. The summed E-state index contributed by atoms with van der Waals surface area (Å²) in [5, 5.41) is 5.18. The van der Waals surface area contributed by atoms with E-state index in [-0.39, 0.29) is 11.2 Å². The minimum atomic E-state index is -0.367. The molecular formula is C20H17FN2OS. The number of nitrogens with one attached hydrogen (secondary N) is 1. The van der Waals surface area contributed by atoms with Gasteiger partial charge >= 0.3 is 0 Å². The third-order valence-electron chi connectivity index (χ3n) is 4.31. The highest BCUT2D eigenvalue weighted by atomic mass is 32.1. The third-order valence-corrected chi connectivity index (χ3v) is 5.53. The Kier molecular flexibility index (Phi) is 4.09. The molecule has 0 amide bonds. The Hall–Kier alpha value is -2.53. The van der Waals surface area contributed by atoms with Gasteiger partial charge in [-0.2, -0.15) is 0 Å². The summed E-state index contributed by atoms with van der Waals surface area (Å²) < 4.78 is 15.4. The molecule has 2 heterocycles. The van der Waals surface area contributed by atoms with Crippen LogP contribution in [0.2, 0.25) is 0 Å². The molecule has 1 N–H and O–H groups in total. The molecule has 4 aromatic rings. The Balaban J connectivity index is 2.14. The molecule has 25 heavy (non-hydrogen) atoms. The highest BCUT2D eigenvalue weighted by Crippen LogP contribution is 2.34. The van der Waals surface area contributed by atoms with Crippen LogP contribution in [-0.2, 0) is 0 Å². The van der Waals surface area contributed by atoms with Crippen LogP contribution in [0.15, 0.2) is 47.3 Å². The molecule has 0 bridgehead atoms. The fraction of sp³-hybridized carbons (Fsp3) is 0.200. The van der Waals surface area contributed by atoms with E-state index in [0.29, 0.717) is 21.3 Å². The summed E-state index contributed by atoms with van der Waals surface area (Å²) >= 11 is 1.29. The van der Waals surface area contributed by atoms with Gasteiger partial charge in [-0.1, -0.05) is 37.6 Å². The van der Waals surface area contributed by atoms with Crippen LogP contribution in [0.1, 0.15) is 19.8 Å². The number of benzene rings is 2. The van der Waals surface area contributed by atoms with Gasteiger partial charge in [0.05, 0.1) is 20.3 Å². The predicted octanol–water partition coefficient (Wildman–Crippen LogP) is 5.31. The van der Waals surface area contributed by atoms with Crippen molar-refractivity contribution < 1.29 is 4.39 Å². The Morgan fingerprint density at radius 2 is 1.88 bits per heavy atom. The molecule has 5 heteroatoms. The monoisotopic (exact) mass is 352 g/mol. The Morgan fingerprint density at radius 3 is 2.72 bits per heavy atom. The van der Waals surface area contributed by atoms with Gasteiger partial charge in [-0.25, -0.2) is 9.37 Å². The van der Waals surface area contributed by atoms with Crippen LogP contribution in [0.25, 0.3) is 31.1 Å². The van der Waals surface area contributed by atoms with Crippen LogP contribution in [0.5, 0.6) is 0 Å². The van der Waals surface area contributed by atoms with Crippen LogP contribution < -0.4 is 10.7 Å². The van der Waals surface area contributed by atoms with Gasteiger partial charge in [-0.3, -0.25) is 4.79 Å². The summed E-state index contributed by atoms with van der Waals surface area (Å²) in [6.07, 6.45) is 2.07. The molecule has 0 saturated heterocycles. The van der Waals surface area contributed by atoms with Crippen molar-refractivity contribution in [2.24, 2.45) is 0 Å². The number of fused-ring (bicyclic) bond motifs is 4. The van der Waals surface area contributed by atoms with Gasteiger partial charge in [0.2, 0.25) is 0 Å². The molecule has 2 aromatic heterocycles. The van der Waals surface area contributed by atoms with Gasteiger partial charge < -0.3 is 5.32 Å². The smallest absolute Gasteiger partial charge is 0.196 e. The van der Waals surface area contributed by atoms with Gasteiger partial charge in [-0.15, -0.1) is 11.3 Å². The second-order valence-corrected chi connectivity index (χ2v) is 7.03. The number of hydrogen-bond donors (Lipinski definition) is 1. The fourth-order valence-electron chi connectivity index (χ4n) is 3.05. The zero-order valence-electron chi connectivity index (χ0n) is 13.8. The van der Waals surface area contributed by atoms with Gasteiger partial charge in [-0.05, 0) is 24.6 Å². The van der Waals surface area contributed by atoms with Crippen LogP contribution in [-0.4, -0.2) is 11.5 Å². The molecule has 0 aliphatic carbocycles. The number of unbranched alkanes of at least 4 members (excludes halogenated alkanes) is 1. The van der Waals surface area contributed by atoms with Crippen molar-refractivity contribution in [1.29, 1.82) is 0 Å². The first-order valence-electron chi connectivity index (χ1n) is 8.38. The molecule has 0 aliphatic heterocycles. The van der Waals surface area contributed by atoms with Crippen molar-refractivity contribution in [2.45, 2.75) is 19.8 Å². The van der Waals surface area contributed by atoms with Crippen molar-refractivity contribution >= 4 is 48.2 Å². The average molecular weight is 352 g/mol. The van der Waals surface area contributed by atoms with E-state index in [1.54, 1.807) is 12.1 Å². The van der Waals surface area contributed by atoms with Crippen molar-refractivity contribution in [3.05, 3.63) is 58.5 Å². The van der Waals surface area contributed by atoms with E-state index in [2.05, 4.69) is 12.2 Å². The predicted molar refractivity (Wildman–Crippen MR) is 104 cm³/mol. The average Bonchev–Trinajstić information content (AvgIpc) is 2.63. The molecule has 0 atom stereocenters. The number of halogens is 1. The van der Waals surface area contributed by atoms with E-state index >= 15 is 0 Å². The van der Waals surface area contributed by atoms with Gasteiger partial charge in [0, 0.05) is 17.3 Å². The molecule has 0 aliphatic rings. The zero-order chi connectivity index (χ0) is 17.4. The van der Waals surface area contributed by atoms with Crippen LogP contribution >= 0.6 is 11.3 Å². The van der Waals surface area contributed by atoms with Crippen LogP contribution in [0.4, 0.5) is 10.2 Å². The zero-order valence-corrected chi connectivity index (χ0v) is 14.6. The number of aromatic nitrogens is 1. The minimum Gasteiger partial charge on any atom is -0.369 e. The lowest BCUT2D eigenvalue weighted by atomic mass is 10.1. The standard InChI is InChI=1S/C20H17FN2OS/c1-2-3-11-22-20-19-16(12-7-4-5-10-15(12)23-20)17(24)13-8-6-9-14(21)18(13)25-19/h4-10H,2-3,11H2,1H3,(H,22,23). The molecule has 0 saturated carbocycles. The van der Waals surface area contributed by atoms with Gasteiger partial charge in [0.1, 0.15) is 11.6 Å². The summed E-state index contributed by atoms with van der Waals surface area (Å²) in [6, 6.07) is 12.3. The second kappa shape index (κ2) is 6.41. The minimum absolute atomic E-state index is 0.139. The first-order chi connectivity index (χ1) is 12.2. The normalized spacial score (nSPS) is 11.4. The highest BCUT2D eigenvalue weighted by molar-refractivity contribution is 7.25. The second-order valence-electron chi connectivity index (χ2n) is 6.01. The molecule has 0 radical (unpaired) electrons. The number of nitrogens with zero attached hydrogens (tertiary/aromatic N) is 1. The lowest BCUT2D eigenvalue weighted by Gasteiger charge is -2.11. The maximum atomic E-state index is 14.3. The number of pyridine rings is 1. The topological polar surface area (TPSA) is 42.0 Å². The first-order valence-corrected chi connectivity index (χ1v) is 9.20. The molecule has 0 unspecified atom stereocenters. The van der Waals surface area contributed by atoms with Crippen molar-refractivity contribution in [3.63, 3.8) is 0 Å². The third kappa shape index (κ3) is 2.65. The van der Waals surface area contributed by atoms with Crippen molar-refractivity contribution in [2.75, 3.05) is 11.9 Å². The first kappa shape index (κ1) is 16.0. The van der Waals surface area contributed by atoms with E-state index < -0.39 is 0 Å². The summed E-state index contributed by atoms with van der Waals surface area (Å²) in [6.45, 7) is 2.89. The maximum absolute atomic E-state index is 14.3. The van der Waals surface area contributed by atoms with E-state index in [4.69, 9.17) is 4.98 Å². The van der Waals surface area contributed by atoms with E-state index in [0.717, 1.165) is 35.0 Å². The summed E-state index contributed by atoms with van der Waals surface area (Å²) in [4.78, 5) is 17.8. The number of anilines is 1.